The molecular weight excluding hydrogens is 356 g/mol. The van der Waals surface area contributed by atoms with Crippen molar-refractivity contribution in [2.75, 3.05) is 18.0 Å². The first kappa shape index (κ1) is 16.7. The van der Waals surface area contributed by atoms with Crippen LogP contribution in [0, 0.1) is 10.1 Å². The Morgan fingerprint density at radius 3 is 2.68 bits per heavy atom. The minimum atomic E-state index is -0.354. The molecule has 1 aliphatic rings. The molecule has 2 aromatic heterocycles. The van der Waals surface area contributed by atoms with E-state index in [4.69, 9.17) is 4.42 Å². The summed E-state index contributed by atoms with van der Waals surface area (Å²) in [7, 11) is 0. The van der Waals surface area contributed by atoms with Crippen LogP contribution in [0.1, 0.15) is 24.7 Å². The summed E-state index contributed by atoms with van der Waals surface area (Å²) in [5.74, 6) is 1.09. The number of hydrogen-bond acceptors (Lipinski definition) is 6. The first-order valence-electron chi connectivity index (χ1n) is 9.32. The summed E-state index contributed by atoms with van der Waals surface area (Å²) in [6.07, 6.45) is 5.11. The third kappa shape index (κ3) is 2.76. The Kier molecular flexibility index (Phi) is 3.93. The first-order chi connectivity index (χ1) is 13.7. The zero-order valence-corrected chi connectivity index (χ0v) is 15.1. The lowest BCUT2D eigenvalue weighted by Crippen LogP contribution is -2.33. The molecule has 0 atom stereocenters. The van der Waals surface area contributed by atoms with E-state index in [-0.39, 0.29) is 16.5 Å². The fraction of sp³-hybridized carbons (Fsp3) is 0.238. The van der Waals surface area contributed by atoms with E-state index >= 15 is 0 Å². The molecule has 4 aromatic rings. The number of rotatable bonds is 3. The van der Waals surface area contributed by atoms with Crippen LogP contribution in [0.2, 0.25) is 0 Å². The lowest BCUT2D eigenvalue weighted by molar-refractivity contribution is -0.383. The molecule has 0 spiro atoms. The molecule has 0 amide bonds. The van der Waals surface area contributed by atoms with Crippen LogP contribution < -0.4 is 4.90 Å². The van der Waals surface area contributed by atoms with Gasteiger partial charge in [-0.2, -0.15) is 0 Å². The third-order valence-electron chi connectivity index (χ3n) is 5.46. The number of piperidine rings is 1. The molecule has 1 fully saturated rings. The van der Waals surface area contributed by atoms with Crippen LogP contribution in [0.5, 0.6) is 0 Å². The zero-order chi connectivity index (χ0) is 19.1. The molecule has 7 nitrogen and oxygen atoms in total. The minimum absolute atomic E-state index is 0.0909. The maximum atomic E-state index is 11.3. The van der Waals surface area contributed by atoms with Crippen molar-refractivity contribution < 1.29 is 9.34 Å². The number of nitro groups is 1. The lowest BCUT2D eigenvalue weighted by atomic mass is 9.95. The van der Waals surface area contributed by atoms with E-state index in [1.807, 2.05) is 36.4 Å². The number of pyridine rings is 1. The lowest BCUT2D eigenvalue weighted by Gasteiger charge is -2.33. The maximum absolute atomic E-state index is 11.3. The highest BCUT2D eigenvalue weighted by atomic mass is 16.6. The van der Waals surface area contributed by atoms with Gasteiger partial charge in [0.2, 0.25) is 0 Å². The summed E-state index contributed by atoms with van der Waals surface area (Å²) in [4.78, 5) is 22.0. The highest BCUT2D eigenvalue weighted by Gasteiger charge is 2.26. The van der Waals surface area contributed by atoms with Crippen molar-refractivity contribution in [2.45, 2.75) is 18.8 Å². The summed E-state index contributed by atoms with van der Waals surface area (Å²) in [5, 5.41) is 12.8. The number of nitro benzene ring substituents is 1. The highest BCUT2D eigenvalue weighted by Crippen LogP contribution is 2.37. The Hall–Kier alpha value is -3.48. The van der Waals surface area contributed by atoms with Gasteiger partial charge in [0.1, 0.15) is 5.52 Å². The molecule has 1 saturated heterocycles. The smallest absolute Gasteiger partial charge is 0.278 e. The van der Waals surface area contributed by atoms with Gasteiger partial charge in [-0.15, -0.1) is 0 Å². The van der Waals surface area contributed by atoms with Gasteiger partial charge in [-0.25, -0.2) is 4.98 Å². The molecular formula is C21H18N4O3. The predicted octanol–water partition coefficient (Wildman–Crippen LogP) is 4.67. The number of oxazole rings is 1. The normalized spacial score (nSPS) is 15.4. The molecule has 0 radical (unpaired) electrons. The summed E-state index contributed by atoms with van der Waals surface area (Å²) in [6, 6.07) is 13.1. The zero-order valence-electron chi connectivity index (χ0n) is 15.1. The Bertz CT molecular complexity index is 1150. The number of hydrogen-bond donors (Lipinski definition) is 0. The van der Waals surface area contributed by atoms with Crippen molar-refractivity contribution in [3.05, 3.63) is 70.9 Å². The summed E-state index contributed by atoms with van der Waals surface area (Å²) < 4.78 is 5.95. The first-order valence-corrected chi connectivity index (χ1v) is 9.32. The van der Waals surface area contributed by atoms with E-state index in [1.165, 1.54) is 0 Å². The monoisotopic (exact) mass is 374 g/mol. The Morgan fingerprint density at radius 1 is 1.07 bits per heavy atom. The number of fused-ring (bicyclic) bond motifs is 2. The third-order valence-corrected chi connectivity index (χ3v) is 5.46. The van der Waals surface area contributed by atoms with E-state index in [0.29, 0.717) is 5.39 Å². The maximum Gasteiger partial charge on any atom is 0.278 e. The van der Waals surface area contributed by atoms with Crippen LogP contribution in [0.25, 0.3) is 21.9 Å². The molecule has 0 aliphatic carbocycles. The van der Waals surface area contributed by atoms with Gasteiger partial charge >= 0.3 is 0 Å². The van der Waals surface area contributed by atoms with E-state index in [0.717, 1.165) is 54.0 Å². The van der Waals surface area contributed by atoms with Crippen molar-refractivity contribution in [2.24, 2.45) is 0 Å². The van der Waals surface area contributed by atoms with Crippen molar-refractivity contribution in [3.63, 3.8) is 0 Å². The van der Waals surface area contributed by atoms with Crippen LogP contribution >= 0.6 is 0 Å². The molecule has 0 bridgehead atoms. The minimum Gasteiger partial charge on any atom is -0.440 e. The second-order valence-electron chi connectivity index (χ2n) is 7.06. The molecule has 2 aromatic carbocycles. The van der Waals surface area contributed by atoms with Gasteiger partial charge in [-0.3, -0.25) is 15.1 Å². The van der Waals surface area contributed by atoms with Gasteiger partial charge in [0.25, 0.3) is 5.69 Å². The highest BCUT2D eigenvalue weighted by molar-refractivity contribution is 5.99. The van der Waals surface area contributed by atoms with Crippen LogP contribution in [0.4, 0.5) is 11.4 Å². The molecule has 1 aliphatic heterocycles. The molecule has 7 heteroatoms. The van der Waals surface area contributed by atoms with Gasteiger partial charge in [-0.1, -0.05) is 12.1 Å². The number of para-hydroxylation sites is 2. The van der Waals surface area contributed by atoms with Crippen LogP contribution in [-0.2, 0) is 0 Å². The second kappa shape index (κ2) is 6.60. The number of anilines is 1. The second-order valence-corrected chi connectivity index (χ2v) is 7.06. The number of aromatic nitrogens is 2. The summed E-state index contributed by atoms with van der Waals surface area (Å²) in [5.41, 5.74) is 2.83. The van der Waals surface area contributed by atoms with E-state index in [1.54, 1.807) is 18.5 Å². The molecule has 28 heavy (non-hydrogen) atoms. The SMILES string of the molecule is O=[N+]([O-])c1ccc(N2CCC(c3nc4ccccc4o3)CC2)c2ccncc12. The van der Waals surface area contributed by atoms with Crippen LogP contribution in [-0.4, -0.2) is 28.0 Å². The quantitative estimate of drug-likeness (QED) is 0.383. The summed E-state index contributed by atoms with van der Waals surface area (Å²) in [6.45, 7) is 1.69. The largest absolute Gasteiger partial charge is 0.440 e. The molecule has 5 rings (SSSR count). The topological polar surface area (TPSA) is 85.3 Å². The molecule has 0 unspecified atom stereocenters. The average molecular weight is 374 g/mol. The molecule has 140 valence electrons. The Balaban J connectivity index is 1.41. The van der Waals surface area contributed by atoms with Crippen LogP contribution in [0.15, 0.2) is 59.3 Å². The standard InChI is InChI=1S/C21H18N4O3/c26-25(27)19-6-5-18(15-7-10-22-13-16(15)19)24-11-8-14(9-12-24)21-23-17-3-1-2-4-20(17)28-21/h1-7,10,13-14H,8-9,11-12H2. The number of non-ortho nitro benzene ring substituents is 1. The van der Waals surface area contributed by atoms with Crippen molar-refractivity contribution in [3.8, 4) is 0 Å². The van der Waals surface area contributed by atoms with Crippen molar-refractivity contribution in [1.82, 2.24) is 9.97 Å². The van der Waals surface area contributed by atoms with Gasteiger partial charge in [-0.05, 0) is 37.1 Å². The van der Waals surface area contributed by atoms with Gasteiger partial charge in [0.15, 0.2) is 11.5 Å². The molecule has 0 N–H and O–H groups in total. The number of nitrogens with zero attached hydrogens (tertiary/aromatic N) is 4. The molecule has 3 heterocycles. The Labute approximate surface area is 160 Å². The van der Waals surface area contributed by atoms with Crippen LogP contribution in [0.3, 0.4) is 0 Å². The Morgan fingerprint density at radius 2 is 1.89 bits per heavy atom. The van der Waals surface area contributed by atoms with E-state index in [9.17, 15) is 10.1 Å². The molecule has 0 saturated carbocycles. The summed E-state index contributed by atoms with van der Waals surface area (Å²) >= 11 is 0. The van der Waals surface area contributed by atoms with Gasteiger partial charge in [0.05, 0.1) is 10.3 Å². The van der Waals surface area contributed by atoms with Gasteiger partial charge < -0.3 is 9.32 Å². The predicted molar refractivity (Wildman–Crippen MR) is 107 cm³/mol. The van der Waals surface area contributed by atoms with Crippen molar-refractivity contribution >= 4 is 33.2 Å². The van der Waals surface area contributed by atoms with Gasteiger partial charge in [0, 0.05) is 48.5 Å². The average Bonchev–Trinajstić information content (AvgIpc) is 3.17. The number of benzene rings is 2. The van der Waals surface area contributed by atoms with E-state index < -0.39 is 0 Å². The van der Waals surface area contributed by atoms with E-state index in [2.05, 4.69) is 14.9 Å². The van der Waals surface area contributed by atoms with Crippen molar-refractivity contribution in [1.29, 1.82) is 0 Å². The fourth-order valence-corrected chi connectivity index (χ4v) is 4.03. The fourth-order valence-electron chi connectivity index (χ4n) is 4.03.